The molecule has 3 heteroatoms. The molecule has 16 heavy (non-hydrogen) atoms. The quantitative estimate of drug-likeness (QED) is 0.760. The summed E-state index contributed by atoms with van der Waals surface area (Å²) < 4.78 is 0. The molecular weight excluding hydrogens is 198 g/mol. The fraction of sp³-hybridized carbons (Fsp3) is 0.615. The molecule has 4 atom stereocenters. The van der Waals surface area contributed by atoms with Crippen molar-refractivity contribution in [2.75, 3.05) is 0 Å². The number of nitrogens with one attached hydrogen (secondary N) is 2. The number of aromatic amines is 1. The Labute approximate surface area is 96.4 Å². The molecule has 2 aliphatic carbocycles. The van der Waals surface area contributed by atoms with E-state index in [4.69, 9.17) is 0 Å². The smallest absolute Gasteiger partial charge is 0.123 e. The van der Waals surface area contributed by atoms with Gasteiger partial charge in [0.05, 0.1) is 6.04 Å². The van der Waals surface area contributed by atoms with E-state index in [2.05, 4.69) is 34.4 Å². The fourth-order valence-electron chi connectivity index (χ4n) is 3.02. The summed E-state index contributed by atoms with van der Waals surface area (Å²) in [5.41, 5.74) is 0. The summed E-state index contributed by atoms with van der Waals surface area (Å²) >= 11 is 0. The number of fused-ring (bicyclic) bond motifs is 1. The highest BCUT2D eigenvalue weighted by atomic mass is 15.0. The van der Waals surface area contributed by atoms with Gasteiger partial charge in [-0.15, -0.1) is 0 Å². The first-order valence-electron chi connectivity index (χ1n) is 6.30. The lowest BCUT2D eigenvalue weighted by Gasteiger charge is -2.42. The molecule has 3 rings (SSSR count). The molecule has 3 nitrogen and oxygen atoms in total. The van der Waals surface area contributed by atoms with E-state index in [1.54, 1.807) is 0 Å². The summed E-state index contributed by atoms with van der Waals surface area (Å²) in [6, 6.07) is 1.05. The average Bonchev–Trinajstić information content (AvgIpc) is 2.89. The predicted molar refractivity (Wildman–Crippen MR) is 63.9 cm³/mol. The minimum atomic E-state index is 0.384. The molecule has 1 aromatic heterocycles. The van der Waals surface area contributed by atoms with Crippen LogP contribution in [0.2, 0.25) is 0 Å². The third kappa shape index (κ3) is 1.59. The molecule has 0 aliphatic heterocycles. The van der Waals surface area contributed by atoms with Crippen molar-refractivity contribution < 1.29 is 0 Å². The van der Waals surface area contributed by atoms with Crippen LogP contribution in [0.1, 0.15) is 38.1 Å². The number of rotatable bonds is 4. The lowest BCUT2D eigenvalue weighted by molar-refractivity contribution is 0.147. The molecule has 1 saturated carbocycles. The Morgan fingerprint density at radius 1 is 1.62 bits per heavy atom. The highest BCUT2D eigenvalue weighted by Gasteiger charge is 2.41. The number of H-pyrrole nitrogens is 1. The van der Waals surface area contributed by atoms with Crippen molar-refractivity contribution in [1.29, 1.82) is 0 Å². The lowest BCUT2D eigenvalue weighted by Crippen LogP contribution is -2.49. The van der Waals surface area contributed by atoms with Crippen molar-refractivity contribution in [3.8, 4) is 0 Å². The van der Waals surface area contributed by atoms with E-state index in [0.29, 0.717) is 12.1 Å². The van der Waals surface area contributed by atoms with Gasteiger partial charge in [-0.1, -0.05) is 19.1 Å². The number of hydrogen-bond donors (Lipinski definition) is 2. The van der Waals surface area contributed by atoms with Crippen molar-refractivity contribution in [3.63, 3.8) is 0 Å². The number of imidazole rings is 1. The Hall–Kier alpha value is -1.09. The minimum Gasteiger partial charge on any atom is -0.347 e. The van der Waals surface area contributed by atoms with Crippen LogP contribution < -0.4 is 5.32 Å². The molecule has 1 fully saturated rings. The lowest BCUT2D eigenvalue weighted by atomic mass is 9.71. The second-order valence-electron chi connectivity index (χ2n) is 4.95. The second kappa shape index (κ2) is 4.06. The monoisotopic (exact) mass is 217 g/mol. The third-order valence-electron chi connectivity index (χ3n) is 4.04. The number of aromatic nitrogens is 2. The Kier molecular flexibility index (Phi) is 2.56. The zero-order valence-electron chi connectivity index (χ0n) is 9.69. The van der Waals surface area contributed by atoms with Crippen LogP contribution in [0.3, 0.4) is 0 Å². The summed E-state index contributed by atoms with van der Waals surface area (Å²) in [6.45, 7) is 2.21. The molecular formula is C13H19N3. The van der Waals surface area contributed by atoms with Crippen LogP contribution in [-0.2, 0) is 0 Å². The first-order valence-corrected chi connectivity index (χ1v) is 6.30. The van der Waals surface area contributed by atoms with Gasteiger partial charge in [-0.3, -0.25) is 0 Å². The maximum Gasteiger partial charge on any atom is 0.123 e. The van der Waals surface area contributed by atoms with E-state index in [0.717, 1.165) is 24.1 Å². The average molecular weight is 217 g/mol. The van der Waals surface area contributed by atoms with Crippen LogP contribution in [0.25, 0.3) is 0 Å². The Morgan fingerprint density at radius 2 is 2.56 bits per heavy atom. The van der Waals surface area contributed by atoms with E-state index < -0.39 is 0 Å². The molecule has 0 amide bonds. The zero-order valence-corrected chi connectivity index (χ0v) is 9.69. The van der Waals surface area contributed by atoms with Crippen molar-refractivity contribution >= 4 is 0 Å². The van der Waals surface area contributed by atoms with Gasteiger partial charge in [-0.2, -0.15) is 0 Å². The molecule has 2 N–H and O–H groups in total. The first-order chi connectivity index (χ1) is 7.88. The molecule has 2 aliphatic rings. The van der Waals surface area contributed by atoms with Gasteiger partial charge in [0.15, 0.2) is 0 Å². The van der Waals surface area contributed by atoms with Crippen LogP contribution >= 0.6 is 0 Å². The predicted octanol–water partition coefficient (Wildman–Crippen LogP) is 2.42. The van der Waals surface area contributed by atoms with Crippen molar-refractivity contribution in [1.82, 2.24) is 15.3 Å². The van der Waals surface area contributed by atoms with E-state index in [9.17, 15) is 0 Å². The highest BCUT2D eigenvalue weighted by molar-refractivity contribution is 5.14. The first kappa shape index (κ1) is 10.1. The number of hydrogen-bond acceptors (Lipinski definition) is 2. The van der Waals surface area contributed by atoms with E-state index in [-0.39, 0.29) is 0 Å². The SMILES string of the molecule is CCC(NC1CC2CC=CC21)c1ncc[nH]1. The van der Waals surface area contributed by atoms with Crippen molar-refractivity contribution in [2.45, 2.75) is 38.3 Å². The van der Waals surface area contributed by atoms with Crippen molar-refractivity contribution in [2.24, 2.45) is 11.8 Å². The largest absolute Gasteiger partial charge is 0.347 e. The van der Waals surface area contributed by atoms with E-state index in [1.165, 1.54) is 12.8 Å². The van der Waals surface area contributed by atoms with Gasteiger partial charge >= 0.3 is 0 Å². The Bertz CT molecular complexity index is 369. The summed E-state index contributed by atoms with van der Waals surface area (Å²) in [7, 11) is 0. The van der Waals surface area contributed by atoms with E-state index >= 15 is 0 Å². The van der Waals surface area contributed by atoms with Gasteiger partial charge in [0.25, 0.3) is 0 Å². The molecule has 0 aromatic carbocycles. The van der Waals surface area contributed by atoms with Gasteiger partial charge in [0.1, 0.15) is 5.82 Å². The summed E-state index contributed by atoms with van der Waals surface area (Å²) in [5, 5.41) is 3.73. The van der Waals surface area contributed by atoms with Gasteiger partial charge < -0.3 is 10.3 Å². The topological polar surface area (TPSA) is 40.7 Å². The van der Waals surface area contributed by atoms with Gasteiger partial charge in [0.2, 0.25) is 0 Å². The zero-order chi connectivity index (χ0) is 11.0. The molecule has 0 bridgehead atoms. The van der Waals surface area contributed by atoms with Crippen LogP contribution in [0, 0.1) is 11.8 Å². The molecule has 0 spiro atoms. The van der Waals surface area contributed by atoms with Gasteiger partial charge in [-0.25, -0.2) is 4.98 Å². The Balaban J connectivity index is 1.63. The molecule has 86 valence electrons. The van der Waals surface area contributed by atoms with Gasteiger partial charge in [0, 0.05) is 18.4 Å². The molecule has 4 unspecified atom stereocenters. The molecule has 1 heterocycles. The van der Waals surface area contributed by atoms with Crippen LogP contribution in [0.15, 0.2) is 24.5 Å². The Morgan fingerprint density at radius 3 is 3.25 bits per heavy atom. The van der Waals surface area contributed by atoms with E-state index in [1.807, 2.05) is 12.4 Å². The highest BCUT2D eigenvalue weighted by Crippen LogP contribution is 2.43. The summed E-state index contributed by atoms with van der Waals surface area (Å²) in [5.74, 6) is 2.78. The van der Waals surface area contributed by atoms with Crippen LogP contribution in [0.4, 0.5) is 0 Å². The number of allylic oxidation sites excluding steroid dienone is 1. The van der Waals surface area contributed by atoms with Crippen molar-refractivity contribution in [3.05, 3.63) is 30.4 Å². The van der Waals surface area contributed by atoms with Crippen LogP contribution in [0.5, 0.6) is 0 Å². The standard InChI is InChI=1S/C13H19N3/c1-2-11(13-14-6-7-15-13)16-12-8-9-4-3-5-10(9)12/h3,5-7,9-12,16H,2,4,8H2,1H3,(H,14,15). The fourth-order valence-corrected chi connectivity index (χ4v) is 3.02. The van der Waals surface area contributed by atoms with Crippen LogP contribution in [-0.4, -0.2) is 16.0 Å². The molecule has 0 radical (unpaired) electrons. The van der Waals surface area contributed by atoms with Gasteiger partial charge in [-0.05, 0) is 31.1 Å². The maximum atomic E-state index is 4.35. The minimum absolute atomic E-state index is 0.384. The third-order valence-corrected chi connectivity index (χ3v) is 4.04. The second-order valence-corrected chi connectivity index (χ2v) is 4.95. The summed E-state index contributed by atoms with van der Waals surface area (Å²) in [6.07, 6.45) is 12.2. The number of nitrogens with zero attached hydrogens (tertiary/aromatic N) is 1. The molecule has 0 saturated heterocycles. The molecule has 1 aromatic rings. The maximum absolute atomic E-state index is 4.35. The summed E-state index contributed by atoms with van der Waals surface area (Å²) in [4.78, 5) is 7.56. The normalized spacial score (nSPS) is 33.4.